The van der Waals surface area contributed by atoms with Crippen molar-refractivity contribution in [3.8, 4) is 5.75 Å². The highest BCUT2D eigenvalue weighted by molar-refractivity contribution is 5.79. The largest absolute Gasteiger partial charge is 0.484 e. The van der Waals surface area contributed by atoms with E-state index in [1.165, 1.54) is 18.4 Å². The number of nitrogens with zero attached hydrogens (tertiary/aromatic N) is 2. The van der Waals surface area contributed by atoms with Crippen LogP contribution in [0.1, 0.15) is 18.4 Å². The van der Waals surface area contributed by atoms with Crippen molar-refractivity contribution in [2.75, 3.05) is 47.0 Å². The second kappa shape index (κ2) is 10.7. The Morgan fingerprint density at radius 3 is 2.69 bits per heavy atom. The SMILES string of the molecule is CN=C(NCCc1ccc(OCC(N)=O)cc1)N(C)CCOCC1CC1. The lowest BCUT2D eigenvalue weighted by Gasteiger charge is -2.22. The number of amides is 1. The van der Waals surface area contributed by atoms with Crippen LogP contribution < -0.4 is 15.8 Å². The molecule has 0 radical (unpaired) electrons. The van der Waals surface area contributed by atoms with Gasteiger partial charge in [0.25, 0.3) is 5.91 Å². The number of guanidine groups is 1. The maximum absolute atomic E-state index is 10.7. The Hall–Kier alpha value is -2.28. The van der Waals surface area contributed by atoms with Gasteiger partial charge in [0, 0.05) is 33.8 Å². The molecule has 0 unspecified atom stereocenters. The van der Waals surface area contributed by atoms with Crippen molar-refractivity contribution < 1.29 is 14.3 Å². The first-order valence-electron chi connectivity index (χ1n) is 9.08. The number of hydrogen-bond acceptors (Lipinski definition) is 4. The van der Waals surface area contributed by atoms with Crippen LogP contribution in [-0.4, -0.2) is 63.8 Å². The predicted molar refractivity (Wildman–Crippen MR) is 102 cm³/mol. The zero-order valence-corrected chi connectivity index (χ0v) is 15.7. The average Bonchev–Trinajstić information content (AvgIpc) is 3.46. The lowest BCUT2D eigenvalue weighted by atomic mass is 10.1. The third-order valence-electron chi connectivity index (χ3n) is 4.20. The Labute approximate surface area is 155 Å². The number of aliphatic imine (C=N–C) groups is 1. The molecule has 0 saturated heterocycles. The summed E-state index contributed by atoms with van der Waals surface area (Å²) < 4.78 is 10.9. The molecule has 1 fully saturated rings. The van der Waals surface area contributed by atoms with E-state index in [2.05, 4.69) is 15.2 Å². The number of nitrogens with two attached hydrogens (primary N) is 1. The van der Waals surface area contributed by atoms with Crippen LogP contribution in [-0.2, 0) is 16.0 Å². The number of rotatable bonds is 11. The molecular formula is C19H30N4O3. The Morgan fingerprint density at radius 2 is 2.08 bits per heavy atom. The van der Waals surface area contributed by atoms with Crippen molar-refractivity contribution >= 4 is 11.9 Å². The van der Waals surface area contributed by atoms with Gasteiger partial charge in [0.2, 0.25) is 0 Å². The molecule has 1 amide bonds. The van der Waals surface area contributed by atoms with Gasteiger partial charge >= 0.3 is 0 Å². The van der Waals surface area contributed by atoms with Crippen molar-refractivity contribution in [1.82, 2.24) is 10.2 Å². The van der Waals surface area contributed by atoms with E-state index < -0.39 is 5.91 Å². The van der Waals surface area contributed by atoms with Gasteiger partial charge in [-0.25, -0.2) is 0 Å². The number of carbonyl (C=O) groups excluding carboxylic acids is 1. The maximum atomic E-state index is 10.7. The highest BCUT2D eigenvalue weighted by Gasteiger charge is 2.21. The van der Waals surface area contributed by atoms with Crippen molar-refractivity contribution in [3.05, 3.63) is 29.8 Å². The van der Waals surface area contributed by atoms with Crippen molar-refractivity contribution in [2.45, 2.75) is 19.3 Å². The van der Waals surface area contributed by atoms with Gasteiger partial charge < -0.3 is 25.4 Å². The average molecular weight is 362 g/mol. The molecule has 0 aromatic heterocycles. The number of nitrogens with one attached hydrogen (secondary N) is 1. The van der Waals surface area contributed by atoms with Crippen LogP contribution in [0.5, 0.6) is 5.75 Å². The molecule has 1 aliphatic rings. The number of carbonyl (C=O) groups is 1. The first kappa shape index (κ1) is 20.0. The minimum absolute atomic E-state index is 0.103. The van der Waals surface area contributed by atoms with Gasteiger partial charge in [0.1, 0.15) is 5.75 Å². The fourth-order valence-corrected chi connectivity index (χ4v) is 2.45. The van der Waals surface area contributed by atoms with E-state index in [1.54, 1.807) is 7.05 Å². The van der Waals surface area contributed by atoms with E-state index in [9.17, 15) is 4.79 Å². The molecule has 3 N–H and O–H groups in total. The lowest BCUT2D eigenvalue weighted by molar-refractivity contribution is -0.119. The molecule has 0 bridgehead atoms. The molecule has 0 aliphatic heterocycles. The van der Waals surface area contributed by atoms with Crippen LogP contribution >= 0.6 is 0 Å². The normalized spacial score (nSPS) is 14.2. The number of hydrogen-bond donors (Lipinski definition) is 2. The smallest absolute Gasteiger partial charge is 0.255 e. The van der Waals surface area contributed by atoms with Crippen LogP contribution in [0.4, 0.5) is 0 Å². The van der Waals surface area contributed by atoms with Gasteiger partial charge in [-0.15, -0.1) is 0 Å². The van der Waals surface area contributed by atoms with Gasteiger partial charge in [-0.1, -0.05) is 12.1 Å². The first-order chi connectivity index (χ1) is 12.6. The Kier molecular flexibility index (Phi) is 8.21. The summed E-state index contributed by atoms with van der Waals surface area (Å²) in [6.45, 7) is 3.10. The second-order valence-corrected chi connectivity index (χ2v) is 6.56. The quantitative estimate of drug-likeness (QED) is 0.349. The Balaban J connectivity index is 1.64. The van der Waals surface area contributed by atoms with E-state index in [1.807, 2.05) is 31.3 Å². The monoisotopic (exact) mass is 362 g/mol. The molecule has 7 heteroatoms. The molecule has 1 saturated carbocycles. The third kappa shape index (κ3) is 7.74. The highest BCUT2D eigenvalue weighted by Crippen LogP contribution is 2.28. The summed E-state index contributed by atoms with van der Waals surface area (Å²) in [6, 6.07) is 7.65. The van der Waals surface area contributed by atoms with Crippen molar-refractivity contribution in [1.29, 1.82) is 0 Å². The molecule has 0 atom stereocenters. The minimum atomic E-state index is -0.480. The first-order valence-corrected chi connectivity index (χ1v) is 9.08. The summed E-state index contributed by atoms with van der Waals surface area (Å²) in [5.74, 6) is 1.82. The number of benzene rings is 1. The standard InChI is InChI=1S/C19H30N4O3/c1-21-19(23(2)11-12-25-13-16-3-4-16)22-10-9-15-5-7-17(8-6-15)26-14-18(20)24/h5-8,16H,3-4,9-14H2,1-2H3,(H2,20,24)(H,21,22). The predicted octanol–water partition coefficient (Wildman–Crippen LogP) is 1.03. The van der Waals surface area contributed by atoms with E-state index in [0.717, 1.165) is 44.6 Å². The Bertz CT molecular complexity index is 585. The zero-order valence-electron chi connectivity index (χ0n) is 15.7. The summed E-state index contributed by atoms with van der Waals surface area (Å²) in [4.78, 5) is 17.1. The van der Waals surface area contributed by atoms with E-state index in [4.69, 9.17) is 15.2 Å². The zero-order chi connectivity index (χ0) is 18.8. The van der Waals surface area contributed by atoms with E-state index in [0.29, 0.717) is 5.75 Å². The molecule has 0 spiro atoms. The summed E-state index contributed by atoms with van der Waals surface area (Å²) in [5.41, 5.74) is 6.24. The van der Waals surface area contributed by atoms with E-state index >= 15 is 0 Å². The van der Waals surface area contributed by atoms with Gasteiger partial charge in [-0.05, 0) is 42.9 Å². The molecule has 1 aromatic carbocycles. The molecular weight excluding hydrogens is 332 g/mol. The number of likely N-dealkylation sites (N-methyl/N-ethyl adjacent to an activating group) is 1. The number of primary amides is 1. The summed E-state index contributed by atoms with van der Waals surface area (Å²) in [6.07, 6.45) is 3.50. The maximum Gasteiger partial charge on any atom is 0.255 e. The van der Waals surface area contributed by atoms with Crippen LogP contribution in [0, 0.1) is 5.92 Å². The fourth-order valence-electron chi connectivity index (χ4n) is 2.45. The van der Waals surface area contributed by atoms with Crippen molar-refractivity contribution in [3.63, 3.8) is 0 Å². The third-order valence-corrected chi connectivity index (χ3v) is 4.20. The summed E-state index contributed by atoms with van der Waals surface area (Å²) in [7, 11) is 3.80. The highest BCUT2D eigenvalue weighted by atomic mass is 16.5. The molecule has 0 heterocycles. The molecule has 2 rings (SSSR count). The van der Waals surface area contributed by atoms with Crippen LogP contribution in [0.2, 0.25) is 0 Å². The molecule has 144 valence electrons. The van der Waals surface area contributed by atoms with Gasteiger partial charge in [0.15, 0.2) is 12.6 Å². The van der Waals surface area contributed by atoms with Crippen LogP contribution in [0.25, 0.3) is 0 Å². The second-order valence-electron chi connectivity index (χ2n) is 6.56. The van der Waals surface area contributed by atoms with Gasteiger partial charge in [0.05, 0.1) is 6.61 Å². The molecule has 7 nitrogen and oxygen atoms in total. The minimum Gasteiger partial charge on any atom is -0.484 e. The number of ether oxygens (including phenoxy) is 2. The summed E-state index contributed by atoms with van der Waals surface area (Å²) in [5, 5.41) is 3.36. The Morgan fingerprint density at radius 1 is 1.35 bits per heavy atom. The molecule has 1 aliphatic carbocycles. The van der Waals surface area contributed by atoms with Gasteiger partial charge in [-0.2, -0.15) is 0 Å². The molecule has 26 heavy (non-hydrogen) atoms. The summed E-state index contributed by atoms with van der Waals surface area (Å²) >= 11 is 0. The molecule has 1 aromatic rings. The van der Waals surface area contributed by atoms with Crippen molar-refractivity contribution in [2.24, 2.45) is 16.6 Å². The lowest BCUT2D eigenvalue weighted by Crippen LogP contribution is -2.41. The fraction of sp³-hybridized carbons (Fsp3) is 0.579. The van der Waals surface area contributed by atoms with Crippen LogP contribution in [0.3, 0.4) is 0 Å². The topological polar surface area (TPSA) is 89.2 Å². The van der Waals surface area contributed by atoms with Crippen LogP contribution in [0.15, 0.2) is 29.3 Å². The van der Waals surface area contributed by atoms with Gasteiger partial charge in [-0.3, -0.25) is 9.79 Å². The van der Waals surface area contributed by atoms with E-state index in [-0.39, 0.29) is 6.61 Å².